The van der Waals surface area contributed by atoms with Crippen molar-refractivity contribution < 1.29 is 9.53 Å². The summed E-state index contributed by atoms with van der Waals surface area (Å²) < 4.78 is 6.15. The minimum atomic E-state index is -0.753. The zero-order valence-electron chi connectivity index (χ0n) is 5.93. The largest absolute Gasteiger partial charge is 0.448 e. The number of primary amides is 1. The van der Waals surface area contributed by atoms with E-state index in [1.54, 1.807) is 23.1 Å². The van der Waals surface area contributed by atoms with Gasteiger partial charge in [0.05, 0.1) is 6.54 Å². The van der Waals surface area contributed by atoms with E-state index in [-0.39, 0.29) is 6.61 Å². The number of nitrogens with zero attached hydrogens (tertiary/aromatic N) is 2. The fourth-order valence-electron chi connectivity index (χ4n) is 0.672. The first-order chi connectivity index (χ1) is 5.29. The Balaban J connectivity index is 2.19. The van der Waals surface area contributed by atoms with Crippen LogP contribution in [0.2, 0.25) is 0 Å². The Bertz CT molecular complexity index is 220. The number of hydrogen-bond donors (Lipinski definition) is 1. The number of ether oxygens (including phenoxy) is 1. The molecule has 1 heterocycles. The monoisotopic (exact) mass is 155 g/mol. The fraction of sp³-hybridized carbons (Fsp3) is 0.333. The standard InChI is InChI=1S/C6H9N3O2/c7-6(10)11-5-4-9-3-1-2-8-9/h1-3H,4-5H2,(H2,7,10). The summed E-state index contributed by atoms with van der Waals surface area (Å²) in [7, 11) is 0. The second kappa shape index (κ2) is 3.60. The Morgan fingerprint density at radius 3 is 3.09 bits per heavy atom. The molecule has 5 heteroatoms. The fourth-order valence-corrected chi connectivity index (χ4v) is 0.672. The molecule has 1 amide bonds. The first-order valence-corrected chi connectivity index (χ1v) is 3.18. The Morgan fingerprint density at radius 2 is 2.55 bits per heavy atom. The van der Waals surface area contributed by atoms with Crippen molar-refractivity contribution in [1.29, 1.82) is 0 Å². The normalized spacial score (nSPS) is 9.45. The molecule has 1 aromatic heterocycles. The topological polar surface area (TPSA) is 70.1 Å². The molecule has 60 valence electrons. The summed E-state index contributed by atoms with van der Waals surface area (Å²) in [5.41, 5.74) is 4.74. The van der Waals surface area contributed by atoms with E-state index >= 15 is 0 Å². The molecule has 0 atom stereocenters. The molecule has 0 saturated heterocycles. The van der Waals surface area contributed by atoms with Gasteiger partial charge in [-0.2, -0.15) is 5.10 Å². The molecule has 11 heavy (non-hydrogen) atoms. The average molecular weight is 155 g/mol. The third kappa shape index (κ3) is 2.70. The van der Waals surface area contributed by atoms with Crippen molar-refractivity contribution in [2.24, 2.45) is 5.73 Å². The van der Waals surface area contributed by atoms with Crippen LogP contribution < -0.4 is 5.73 Å². The maximum Gasteiger partial charge on any atom is 0.404 e. The molecule has 0 unspecified atom stereocenters. The zero-order chi connectivity index (χ0) is 8.10. The maximum atomic E-state index is 10.1. The lowest BCUT2D eigenvalue weighted by atomic mass is 10.7. The molecule has 0 bridgehead atoms. The van der Waals surface area contributed by atoms with Crippen molar-refractivity contribution in [3.63, 3.8) is 0 Å². The number of amides is 1. The number of carbonyl (C=O) groups is 1. The van der Waals surface area contributed by atoms with Crippen LogP contribution in [0.3, 0.4) is 0 Å². The quantitative estimate of drug-likeness (QED) is 0.666. The van der Waals surface area contributed by atoms with E-state index in [1.807, 2.05) is 0 Å². The molecule has 0 fully saturated rings. The van der Waals surface area contributed by atoms with Gasteiger partial charge in [0.15, 0.2) is 0 Å². The lowest BCUT2D eigenvalue weighted by Crippen LogP contribution is -2.16. The number of rotatable bonds is 3. The van der Waals surface area contributed by atoms with Crippen molar-refractivity contribution in [3.05, 3.63) is 18.5 Å². The number of hydrogen-bond acceptors (Lipinski definition) is 3. The van der Waals surface area contributed by atoms with Crippen LogP contribution in [0.5, 0.6) is 0 Å². The molecule has 5 nitrogen and oxygen atoms in total. The van der Waals surface area contributed by atoms with Gasteiger partial charge in [0.2, 0.25) is 0 Å². The van der Waals surface area contributed by atoms with Gasteiger partial charge in [0.1, 0.15) is 6.61 Å². The van der Waals surface area contributed by atoms with Crippen molar-refractivity contribution in [1.82, 2.24) is 9.78 Å². The molecule has 1 aromatic rings. The maximum absolute atomic E-state index is 10.1. The van der Waals surface area contributed by atoms with Gasteiger partial charge in [0, 0.05) is 12.4 Å². The Morgan fingerprint density at radius 1 is 1.73 bits per heavy atom. The molecule has 0 aliphatic carbocycles. The van der Waals surface area contributed by atoms with Gasteiger partial charge >= 0.3 is 6.09 Å². The van der Waals surface area contributed by atoms with Gasteiger partial charge in [-0.05, 0) is 6.07 Å². The van der Waals surface area contributed by atoms with Gasteiger partial charge in [-0.1, -0.05) is 0 Å². The van der Waals surface area contributed by atoms with Crippen LogP contribution in [-0.4, -0.2) is 22.5 Å². The summed E-state index contributed by atoms with van der Waals surface area (Å²) in [4.78, 5) is 10.1. The van der Waals surface area contributed by atoms with Crippen molar-refractivity contribution in [3.8, 4) is 0 Å². The molecule has 0 spiro atoms. The van der Waals surface area contributed by atoms with Gasteiger partial charge in [-0.15, -0.1) is 0 Å². The summed E-state index contributed by atoms with van der Waals surface area (Å²) in [6.07, 6.45) is 2.69. The average Bonchev–Trinajstić information content (AvgIpc) is 2.39. The molecule has 0 aromatic carbocycles. The Kier molecular flexibility index (Phi) is 2.48. The van der Waals surface area contributed by atoms with Crippen molar-refractivity contribution in [2.45, 2.75) is 6.54 Å². The molecule has 0 saturated carbocycles. The first kappa shape index (κ1) is 7.59. The summed E-state index contributed by atoms with van der Waals surface area (Å²) in [5, 5.41) is 3.90. The minimum absolute atomic E-state index is 0.261. The second-order valence-corrected chi connectivity index (χ2v) is 1.94. The van der Waals surface area contributed by atoms with E-state index in [4.69, 9.17) is 5.73 Å². The SMILES string of the molecule is NC(=O)OCCn1cccn1. The third-order valence-corrected chi connectivity index (χ3v) is 1.12. The van der Waals surface area contributed by atoms with Crippen LogP contribution in [0, 0.1) is 0 Å². The molecule has 2 N–H and O–H groups in total. The summed E-state index contributed by atoms with van der Waals surface area (Å²) in [5.74, 6) is 0. The van der Waals surface area contributed by atoms with E-state index in [9.17, 15) is 4.79 Å². The molecular weight excluding hydrogens is 146 g/mol. The number of nitrogens with two attached hydrogens (primary N) is 1. The molecule has 1 rings (SSSR count). The van der Waals surface area contributed by atoms with Crippen LogP contribution in [0.15, 0.2) is 18.5 Å². The predicted molar refractivity (Wildman–Crippen MR) is 37.8 cm³/mol. The highest BCUT2D eigenvalue weighted by atomic mass is 16.5. The van der Waals surface area contributed by atoms with Crippen LogP contribution in [0.1, 0.15) is 0 Å². The van der Waals surface area contributed by atoms with Crippen molar-refractivity contribution in [2.75, 3.05) is 6.61 Å². The van der Waals surface area contributed by atoms with E-state index in [2.05, 4.69) is 9.84 Å². The number of carbonyl (C=O) groups excluding carboxylic acids is 1. The lowest BCUT2D eigenvalue weighted by molar-refractivity contribution is 0.151. The smallest absolute Gasteiger partial charge is 0.404 e. The highest BCUT2D eigenvalue weighted by molar-refractivity contribution is 5.64. The minimum Gasteiger partial charge on any atom is -0.448 e. The van der Waals surface area contributed by atoms with E-state index in [0.717, 1.165) is 0 Å². The first-order valence-electron chi connectivity index (χ1n) is 3.18. The van der Waals surface area contributed by atoms with Crippen LogP contribution >= 0.6 is 0 Å². The Hall–Kier alpha value is -1.52. The van der Waals surface area contributed by atoms with Crippen LogP contribution in [0.4, 0.5) is 4.79 Å². The van der Waals surface area contributed by atoms with Crippen LogP contribution in [-0.2, 0) is 11.3 Å². The third-order valence-electron chi connectivity index (χ3n) is 1.12. The predicted octanol–water partition coefficient (Wildman–Crippen LogP) is -0.0216. The van der Waals surface area contributed by atoms with Gasteiger partial charge in [0.25, 0.3) is 0 Å². The Labute approximate surface area is 63.7 Å². The van der Waals surface area contributed by atoms with E-state index < -0.39 is 6.09 Å². The molecule has 0 radical (unpaired) electrons. The van der Waals surface area contributed by atoms with Gasteiger partial charge in [-0.25, -0.2) is 4.79 Å². The molecule has 0 aliphatic heterocycles. The molecule has 0 aliphatic rings. The zero-order valence-corrected chi connectivity index (χ0v) is 5.93. The lowest BCUT2D eigenvalue weighted by Gasteiger charge is -2.00. The van der Waals surface area contributed by atoms with Crippen LogP contribution in [0.25, 0.3) is 0 Å². The second-order valence-electron chi connectivity index (χ2n) is 1.94. The highest BCUT2D eigenvalue weighted by Crippen LogP contribution is 1.84. The van der Waals surface area contributed by atoms with Crippen molar-refractivity contribution >= 4 is 6.09 Å². The highest BCUT2D eigenvalue weighted by Gasteiger charge is 1.93. The van der Waals surface area contributed by atoms with E-state index in [0.29, 0.717) is 6.54 Å². The number of aromatic nitrogens is 2. The van der Waals surface area contributed by atoms with E-state index in [1.165, 1.54) is 0 Å². The van der Waals surface area contributed by atoms with Gasteiger partial charge in [-0.3, -0.25) is 4.68 Å². The van der Waals surface area contributed by atoms with Gasteiger partial charge < -0.3 is 10.5 Å². The molecular formula is C6H9N3O2. The summed E-state index contributed by atoms with van der Waals surface area (Å²) in [6.45, 7) is 0.799. The summed E-state index contributed by atoms with van der Waals surface area (Å²) >= 11 is 0. The summed E-state index contributed by atoms with van der Waals surface area (Å²) in [6, 6.07) is 1.80.